The van der Waals surface area contributed by atoms with Gasteiger partial charge in [-0.2, -0.15) is 0 Å². The van der Waals surface area contributed by atoms with E-state index in [1.54, 1.807) is 0 Å². The number of hydrogen-bond donors (Lipinski definition) is 1. The fraction of sp³-hybridized carbons (Fsp3) is 0.722. The fourth-order valence-corrected chi connectivity index (χ4v) is 3.04. The zero-order valence-electron chi connectivity index (χ0n) is 13.9. The SMILES string of the molecule is CCCCN1CCCCC1c1ccc(NC(C)CC)nc1. The lowest BCUT2D eigenvalue weighted by atomic mass is 9.96. The minimum absolute atomic E-state index is 0.485. The van der Waals surface area contributed by atoms with E-state index in [2.05, 4.69) is 54.3 Å². The van der Waals surface area contributed by atoms with E-state index in [1.165, 1.54) is 50.8 Å². The zero-order valence-corrected chi connectivity index (χ0v) is 13.9. The number of anilines is 1. The second-order valence-electron chi connectivity index (χ2n) is 6.33. The monoisotopic (exact) mass is 289 g/mol. The number of nitrogens with zero attached hydrogens (tertiary/aromatic N) is 2. The number of unbranched alkanes of at least 4 members (excludes halogenated alkanes) is 1. The lowest BCUT2D eigenvalue weighted by Crippen LogP contribution is -2.34. The van der Waals surface area contributed by atoms with Crippen molar-refractivity contribution in [3.63, 3.8) is 0 Å². The molecule has 0 amide bonds. The molecule has 3 nitrogen and oxygen atoms in total. The van der Waals surface area contributed by atoms with Gasteiger partial charge in [0.05, 0.1) is 0 Å². The number of likely N-dealkylation sites (tertiary alicyclic amines) is 1. The fourth-order valence-electron chi connectivity index (χ4n) is 3.04. The molecule has 2 rings (SSSR count). The molecule has 2 unspecified atom stereocenters. The molecule has 1 aromatic rings. The van der Waals surface area contributed by atoms with Crippen molar-refractivity contribution in [1.82, 2.24) is 9.88 Å². The van der Waals surface area contributed by atoms with Gasteiger partial charge in [-0.3, -0.25) is 4.90 Å². The van der Waals surface area contributed by atoms with Crippen LogP contribution in [0.1, 0.15) is 70.9 Å². The van der Waals surface area contributed by atoms with Gasteiger partial charge in [-0.25, -0.2) is 4.98 Å². The molecule has 0 aliphatic carbocycles. The Bertz CT molecular complexity index is 401. The summed E-state index contributed by atoms with van der Waals surface area (Å²) in [6, 6.07) is 5.48. The summed E-state index contributed by atoms with van der Waals surface area (Å²) in [5.74, 6) is 1.00. The van der Waals surface area contributed by atoms with Crippen LogP contribution < -0.4 is 5.32 Å². The third-order valence-electron chi connectivity index (χ3n) is 4.59. The van der Waals surface area contributed by atoms with Crippen molar-refractivity contribution in [2.24, 2.45) is 0 Å². The van der Waals surface area contributed by atoms with Crippen molar-refractivity contribution in [3.8, 4) is 0 Å². The molecule has 2 atom stereocenters. The molecule has 21 heavy (non-hydrogen) atoms. The predicted octanol–water partition coefficient (Wildman–Crippen LogP) is 4.62. The summed E-state index contributed by atoms with van der Waals surface area (Å²) in [6.07, 6.45) is 9.76. The van der Waals surface area contributed by atoms with Gasteiger partial charge in [0.25, 0.3) is 0 Å². The highest BCUT2D eigenvalue weighted by Crippen LogP contribution is 2.31. The first-order valence-corrected chi connectivity index (χ1v) is 8.71. The molecule has 3 heteroatoms. The quantitative estimate of drug-likeness (QED) is 0.794. The first-order valence-electron chi connectivity index (χ1n) is 8.71. The smallest absolute Gasteiger partial charge is 0.126 e. The zero-order chi connectivity index (χ0) is 15.1. The van der Waals surface area contributed by atoms with Gasteiger partial charge in [0, 0.05) is 18.3 Å². The predicted molar refractivity (Wildman–Crippen MR) is 90.7 cm³/mol. The van der Waals surface area contributed by atoms with E-state index in [0.29, 0.717) is 12.1 Å². The van der Waals surface area contributed by atoms with E-state index >= 15 is 0 Å². The van der Waals surface area contributed by atoms with Crippen molar-refractivity contribution < 1.29 is 0 Å². The van der Waals surface area contributed by atoms with Crippen LogP contribution >= 0.6 is 0 Å². The number of pyridine rings is 1. The summed E-state index contributed by atoms with van der Waals surface area (Å²) in [5.41, 5.74) is 1.39. The van der Waals surface area contributed by atoms with Gasteiger partial charge in [0.1, 0.15) is 5.82 Å². The number of hydrogen-bond acceptors (Lipinski definition) is 3. The first-order chi connectivity index (χ1) is 10.2. The molecule has 0 radical (unpaired) electrons. The van der Waals surface area contributed by atoms with E-state index in [1.807, 2.05) is 0 Å². The van der Waals surface area contributed by atoms with Gasteiger partial charge < -0.3 is 5.32 Å². The number of aromatic nitrogens is 1. The van der Waals surface area contributed by atoms with Crippen LogP contribution in [0.2, 0.25) is 0 Å². The molecule has 1 aromatic heterocycles. The minimum Gasteiger partial charge on any atom is -0.368 e. The molecule has 1 aliphatic heterocycles. The molecule has 1 fully saturated rings. The van der Waals surface area contributed by atoms with Gasteiger partial charge in [0.15, 0.2) is 0 Å². The lowest BCUT2D eigenvalue weighted by Gasteiger charge is -2.36. The summed E-state index contributed by atoms with van der Waals surface area (Å²) in [7, 11) is 0. The Morgan fingerprint density at radius 1 is 1.33 bits per heavy atom. The molecule has 1 saturated heterocycles. The van der Waals surface area contributed by atoms with Crippen LogP contribution in [0.3, 0.4) is 0 Å². The number of nitrogens with one attached hydrogen (secondary N) is 1. The Morgan fingerprint density at radius 2 is 2.19 bits per heavy atom. The van der Waals surface area contributed by atoms with Crippen molar-refractivity contribution in [2.45, 2.75) is 71.4 Å². The molecular formula is C18H31N3. The second kappa shape index (κ2) is 8.38. The Kier molecular flexibility index (Phi) is 6.50. The highest BCUT2D eigenvalue weighted by atomic mass is 15.2. The first kappa shape index (κ1) is 16.3. The molecule has 0 aromatic carbocycles. The largest absolute Gasteiger partial charge is 0.368 e. The van der Waals surface area contributed by atoms with E-state index in [-0.39, 0.29) is 0 Å². The second-order valence-corrected chi connectivity index (χ2v) is 6.33. The summed E-state index contributed by atoms with van der Waals surface area (Å²) < 4.78 is 0. The maximum absolute atomic E-state index is 4.62. The molecule has 0 spiro atoms. The summed E-state index contributed by atoms with van der Waals surface area (Å²) >= 11 is 0. The van der Waals surface area contributed by atoms with Crippen LogP contribution in [-0.4, -0.2) is 29.0 Å². The Balaban J connectivity index is 2.01. The minimum atomic E-state index is 0.485. The van der Waals surface area contributed by atoms with E-state index < -0.39 is 0 Å². The highest BCUT2D eigenvalue weighted by Gasteiger charge is 2.23. The molecule has 1 N–H and O–H groups in total. The standard InChI is InChI=1S/C18H31N3/c1-4-6-12-21-13-8-7-9-17(21)16-10-11-18(19-14-16)20-15(3)5-2/h10-11,14-15,17H,4-9,12-13H2,1-3H3,(H,19,20). The number of piperidine rings is 1. The van der Waals surface area contributed by atoms with Crippen molar-refractivity contribution >= 4 is 5.82 Å². The topological polar surface area (TPSA) is 28.2 Å². The average Bonchev–Trinajstić information content (AvgIpc) is 2.54. The van der Waals surface area contributed by atoms with Crippen molar-refractivity contribution in [2.75, 3.05) is 18.4 Å². The molecule has 1 aliphatic rings. The van der Waals surface area contributed by atoms with E-state index in [0.717, 1.165) is 12.2 Å². The summed E-state index contributed by atoms with van der Waals surface area (Å²) in [5, 5.41) is 3.44. The molecule has 2 heterocycles. The van der Waals surface area contributed by atoms with Gasteiger partial charge in [-0.1, -0.05) is 32.8 Å². The van der Waals surface area contributed by atoms with Gasteiger partial charge in [-0.05, 0) is 57.3 Å². The molecule has 0 bridgehead atoms. The normalized spacial score (nSPS) is 21.2. The Hall–Kier alpha value is -1.09. The van der Waals surface area contributed by atoms with Crippen LogP contribution in [0.15, 0.2) is 18.3 Å². The van der Waals surface area contributed by atoms with E-state index in [9.17, 15) is 0 Å². The van der Waals surface area contributed by atoms with Crippen LogP contribution in [0.5, 0.6) is 0 Å². The summed E-state index contributed by atoms with van der Waals surface area (Å²) in [4.78, 5) is 7.28. The molecule has 118 valence electrons. The molecular weight excluding hydrogens is 258 g/mol. The maximum Gasteiger partial charge on any atom is 0.126 e. The Morgan fingerprint density at radius 3 is 2.86 bits per heavy atom. The maximum atomic E-state index is 4.62. The van der Waals surface area contributed by atoms with Gasteiger partial charge in [-0.15, -0.1) is 0 Å². The van der Waals surface area contributed by atoms with Crippen LogP contribution in [0.25, 0.3) is 0 Å². The lowest BCUT2D eigenvalue weighted by molar-refractivity contribution is 0.146. The van der Waals surface area contributed by atoms with Crippen molar-refractivity contribution in [3.05, 3.63) is 23.9 Å². The third kappa shape index (κ3) is 4.70. The van der Waals surface area contributed by atoms with Crippen LogP contribution in [0, 0.1) is 0 Å². The van der Waals surface area contributed by atoms with Crippen LogP contribution in [0.4, 0.5) is 5.82 Å². The number of rotatable bonds is 7. The summed E-state index contributed by atoms with van der Waals surface area (Å²) in [6.45, 7) is 9.14. The Labute approximate surface area is 130 Å². The van der Waals surface area contributed by atoms with Crippen LogP contribution in [-0.2, 0) is 0 Å². The molecule has 0 saturated carbocycles. The van der Waals surface area contributed by atoms with Gasteiger partial charge >= 0.3 is 0 Å². The van der Waals surface area contributed by atoms with E-state index in [4.69, 9.17) is 0 Å². The van der Waals surface area contributed by atoms with Gasteiger partial charge in [0.2, 0.25) is 0 Å². The highest BCUT2D eigenvalue weighted by molar-refractivity contribution is 5.37. The van der Waals surface area contributed by atoms with Crippen molar-refractivity contribution in [1.29, 1.82) is 0 Å². The third-order valence-corrected chi connectivity index (χ3v) is 4.59. The average molecular weight is 289 g/mol.